The number of hydrogen-bond donors (Lipinski definition) is 0. The molecule has 0 fully saturated rings. The molecule has 0 unspecified atom stereocenters. The zero-order chi connectivity index (χ0) is 82.7. The van der Waals surface area contributed by atoms with Gasteiger partial charge in [-0.3, -0.25) is 0 Å². The van der Waals surface area contributed by atoms with Crippen LogP contribution >= 0.6 is 0 Å². The van der Waals surface area contributed by atoms with Gasteiger partial charge >= 0.3 is 16.5 Å². The molecule has 602 valence electrons. The van der Waals surface area contributed by atoms with E-state index in [-0.39, 0.29) is 16.5 Å². The molecule has 0 atom stereocenters. The third kappa shape index (κ3) is 15.9. The molecule has 2 aliphatic heterocycles. The number of fused-ring (bicyclic) bond motifs is 8. The molecule has 119 heavy (non-hydrogen) atoms. The predicted molar refractivity (Wildman–Crippen MR) is 493 cm³/mol. The third-order valence-electron chi connectivity index (χ3n) is 23.3. The van der Waals surface area contributed by atoms with E-state index in [9.17, 15) is 0 Å². The van der Waals surface area contributed by atoms with Gasteiger partial charge < -0.3 is 48.2 Å². The van der Waals surface area contributed by atoms with Crippen LogP contribution in [0.15, 0.2) is 218 Å². The van der Waals surface area contributed by atoms with E-state index in [0.717, 1.165) is 190 Å². The van der Waals surface area contributed by atoms with Crippen LogP contribution in [-0.4, -0.2) is 52.6 Å². The molecule has 2 aliphatic rings. The van der Waals surface area contributed by atoms with Crippen molar-refractivity contribution in [2.45, 2.75) is 109 Å². The van der Waals surface area contributed by atoms with Crippen molar-refractivity contribution >= 4 is 103 Å². The van der Waals surface area contributed by atoms with Crippen molar-refractivity contribution in [1.82, 2.24) is 19.9 Å². The fourth-order valence-electron chi connectivity index (χ4n) is 16.9. The Hall–Kier alpha value is -12.8. The molecule has 0 saturated carbocycles. The molecular formula is C106H102N6NiO6. The predicted octanol–water partition coefficient (Wildman–Crippen LogP) is 27.2. The summed E-state index contributed by atoms with van der Waals surface area (Å²) in [5, 5.41) is 0. The average molecular weight is 1610 g/mol. The van der Waals surface area contributed by atoms with E-state index in [1.807, 2.05) is 24.3 Å². The standard InChI is InChI=1S/C106H102N6O6.Ni/c1-19-85-67(9)97-95(77-59-89(113-13)105(117-17)90(60-77)114-14)98-69(11)87(21-3)103(109-98)94(76-45-37-72(38-46-76)32-34-74-41-57-84(58-42-74)112(81-51-27-65(7)28-52-81)82-53-29-66(8)30-54-82)104-88(22-4)70(12)100(110-104)96(78-61-91(115-15)106(118-18)92(62-78)116-16)99-68(10)86(20-2)102(108-99)93(101(85)107-97)75-43-35-71(36-44-75)31-33-73-39-55-83(56-40-73)111(79-47-23-63(5)24-48-79)80-49-25-64(6)26-50-80;/h23-62H,19-22H2,1-18H3;/q-2;+2/b33-31+,34-32+,97-95?,98-95?,99-96?,100-96?,101-93?,102-93?,103-94?,104-94?;. The first-order chi connectivity index (χ1) is 57.3. The first-order valence-corrected chi connectivity index (χ1v) is 40.7. The van der Waals surface area contributed by atoms with Gasteiger partial charge in [0.05, 0.1) is 65.4 Å². The summed E-state index contributed by atoms with van der Waals surface area (Å²) in [5.74, 6) is 2.98. The second-order valence-corrected chi connectivity index (χ2v) is 30.5. The number of hydrogen-bond acceptors (Lipinski definition) is 10. The van der Waals surface area contributed by atoms with Crippen LogP contribution in [0.3, 0.4) is 0 Å². The second-order valence-electron chi connectivity index (χ2n) is 30.5. The van der Waals surface area contributed by atoms with Gasteiger partial charge in [0.15, 0.2) is 23.0 Å². The Morgan fingerprint density at radius 2 is 0.529 bits per heavy atom. The number of rotatable bonds is 24. The van der Waals surface area contributed by atoms with Crippen molar-refractivity contribution < 1.29 is 44.9 Å². The molecule has 0 N–H and O–H groups in total. The zero-order valence-corrected chi connectivity index (χ0v) is 72.4. The van der Waals surface area contributed by atoms with Crippen molar-refractivity contribution in [1.29, 1.82) is 0 Å². The minimum Gasteiger partial charge on any atom is -0.656 e. The second kappa shape index (κ2) is 35.6. The molecule has 5 heterocycles. The average Bonchev–Trinajstić information content (AvgIpc) is 1.57. The van der Waals surface area contributed by atoms with Gasteiger partial charge in [-0.2, -0.15) is 0 Å². The van der Waals surface area contributed by atoms with Crippen LogP contribution in [-0.2, 0) is 29.3 Å². The van der Waals surface area contributed by atoms with Crippen molar-refractivity contribution in [3.63, 3.8) is 0 Å². The summed E-state index contributed by atoms with van der Waals surface area (Å²) >= 11 is 0. The van der Waals surface area contributed by atoms with Gasteiger partial charge in [-0.1, -0.05) is 218 Å². The van der Waals surface area contributed by atoms with Crippen LogP contribution in [0, 0.1) is 41.5 Å². The van der Waals surface area contributed by atoms with Crippen molar-refractivity contribution in [3.8, 4) is 79.0 Å². The maximum atomic E-state index is 6.24. The van der Waals surface area contributed by atoms with Crippen LogP contribution in [0.25, 0.3) is 113 Å². The Morgan fingerprint density at radius 3 is 0.765 bits per heavy atom. The monoisotopic (exact) mass is 1610 g/mol. The Balaban J connectivity index is 0.0000116. The van der Waals surface area contributed by atoms with E-state index < -0.39 is 0 Å². The number of nitrogens with zero attached hydrogens (tertiary/aromatic N) is 6. The first-order valence-electron chi connectivity index (χ1n) is 40.7. The van der Waals surface area contributed by atoms with Gasteiger partial charge in [0.1, 0.15) is 0 Å². The Bertz CT molecular complexity index is 5750. The van der Waals surface area contributed by atoms with Gasteiger partial charge in [-0.25, -0.2) is 9.97 Å². The van der Waals surface area contributed by atoms with E-state index in [4.69, 9.17) is 48.4 Å². The molecule has 13 aromatic rings. The van der Waals surface area contributed by atoms with E-state index >= 15 is 0 Å². The van der Waals surface area contributed by atoms with Crippen molar-refractivity contribution in [3.05, 3.63) is 308 Å². The van der Waals surface area contributed by atoms with Gasteiger partial charge in [0.2, 0.25) is 11.5 Å². The molecule has 8 bridgehead atoms. The van der Waals surface area contributed by atoms with Crippen molar-refractivity contribution in [2.75, 3.05) is 52.5 Å². The summed E-state index contributed by atoms with van der Waals surface area (Å²) in [6, 6.07) is 78.3. The third-order valence-corrected chi connectivity index (χ3v) is 23.3. The van der Waals surface area contributed by atoms with E-state index in [2.05, 4.69) is 311 Å². The summed E-state index contributed by atoms with van der Waals surface area (Å²) in [6.07, 6.45) is 11.3. The molecule has 15 rings (SSSR count). The molecule has 0 spiro atoms. The Morgan fingerprint density at radius 1 is 0.286 bits per heavy atom. The van der Waals surface area contributed by atoms with E-state index in [1.54, 1.807) is 42.7 Å². The van der Waals surface area contributed by atoms with Crippen LogP contribution in [0.2, 0.25) is 0 Å². The van der Waals surface area contributed by atoms with Crippen LogP contribution in [0.1, 0.15) is 144 Å². The van der Waals surface area contributed by atoms with Crippen LogP contribution < -0.4 is 48.2 Å². The largest absolute Gasteiger partial charge is 2.00 e. The number of aryl methyl sites for hydroxylation is 8. The van der Waals surface area contributed by atoms with Crippen LogP contribution in [0.5, 0.6) is 34.5 Å². The molecule has 10 aromatic carbocycles. The normalized spacial score (nSPS) is 12.1. The summed E-state index contributed by atoms with van der Waals surface area (Å²) < 4.78 is 37.1. The summed E-state index contributed by atoms with van der Waals surface area (Å²) in [5.41, 5.74) is 37.4. The fraction of sp³-hybridized carbons (Fsp3) is 0.208. The SMILES string of the molecule is CCC1=C(C)c2nc1c(-c1ccc(/C=C/c3ccc(N(c4ccc(C)cc4)c4ccc(C)cc4)cc3)cc1)c1[n-]c(c(C)c1CC)c(-c1cc(OC)c(OC)c(OC)c1)c1nc(c(-c3ccc(/C=C/c4ccc(N(c5ccc(C)cc5)c5ccc(C)cc5)cc4)cc3)c3[n-]c(c(C)c3CC)c2-c2cc(OC)c(OC)c(OC)c2)C(CC)=C1C.[Ni+2]. The first kappa shape index (κ1) is 82.7. The minimum atomic E-state index is 0. The minimum absolute atomic E-state index is 0. The molecule has 3 aromatic heterocycles. The number of benzene rings is 10. The van der Waals surface area contributed by atoms with E-state index in [0.29, 0.717) is 60.2 Å². The number of ether oxygens (including phenoxy) is 6. The van der Waals surface area contributed by atoms with E-state index in [1.165, 1.54) is 22.3 Å². The summed E-state index contributed by atoms with van der Waals surface area (Å²) in [7, 11) is 9.93. The maximum Gasteiger partial charge on any atom is 2.00 e. The smallest absolute Gasteiger partial charge is 0.656 e. The molecule has 0 saturated heterocycles. The zero-order valence-electron chi connectivity index (χ0n) is 71.4. The van der Waals surface area contributed by atoms with Crippen LogP contribution in [0.4, 0.5) is 34.1 Å². The van der Waals surface area contributed by atoms with Gasteiger partial charge in [0.25, 0.3) is 0 Å². The Kier molecular flexibility index (Phi) is 24.7. The quantitative estimate of drug-likeness (QED) is 0.0424. The molecule has 0 aliphatic carbocycles. The molecular weight excluding hydrogens is 1510 g/mol. The fourth-order valence-corrected chi connectivity index (χ4v) is 16.9. The molecule has 0 radical (unpaired) electrons. The maximum absolute atomic E-state index is 6.24. The summed E-state index contributed by atoms with van der Waals surface area (Å²) in [6.45, 7) is 26.3. The molecule has 12 nitrogen and oxygen atoms in total. The van der Waals surface area contributed by atoms with Crippen molar-refractivity contribution in [2.24, 2.45) is 0 Å². The number of aromatic nitrogens is 4. The number of anilines is 6. The summed E-state index contributed by atoms with van der Waals surface area (Å²) in [4.78, 5) is 29.0. The molecule has 0 amide bonds. The number of allylic oxidation sites excluding steroid dienone is 4. The Labute approximate surface area is 711 Å². The molecule has 13 heteroatoms. The van der Waals surface area contributed by atoms with Gasteiger partial charge in [-0.15, -0.1) is 22.1 Å². The van der Waals surface area contributed by atoms with Gasteiger partial charge in [-0.05, 0) is 267 Å². The van der Waals surface area contributed by atoms with Gasteiger partial charge in [0, 0.05) is 34.1 Å². The number of methoxy groups -OCH3 is 6. The topological polar surface area (TPSA) is 116 Å².